The fourth-order valence-corrected chi connectivity index (χ4v) is 5.44. The van der Waals surface area contributed by atoms with Crippen molar-refractivity contribution in [3.63, 3.8) is 0 Å². The Bertz CT molecular complexity index is 592. The Labute approximate surface area is 159 Å². The number of rotatable bonds is 2. The molecule has 144 valence electrons. The van der Waals surface area contributed by atoms with Crippen molar-refractivity contribution in [1.82, 2.24) is 9.62 Å². The lowest BCUT2D eigenvalue weighted by Gasteiger charge is -2.42. The van der Waals surface area contributed by atoms with Gasteiger partial charge in [0.15, 0.2) is 0 Å². The fraction of sp³-hybridized carbons (Fsp3) is 0.700. The Balaban J connectivity index is 1.58. The molecule has 3 heterocycles. The number of ether oxygens (including phenoxy) is 2. The number of para-hydroxylation sites is 1. The van der Waals surface area contributed by atoms with Gasteiger partial charge in [-0.25, -0.2) is 0 Å². The van der Waals surface area contributed by atoms with Crippen LogP contribution in [0.4, 0.5) is 0 Å². The van der Waals surface area contributed by atoms with Gasteiger partial charge < -0.3 is 14.0 Å². The molecule has 2 bridgehead atoms. The van der Waals surface area contributed by atoms with E-state index in [0.29, 0.717) is 25.4 Å². The zero-order chi connectivity index (χ0) is 17.9. The zero-order valence-electron chi connectivity index (χ0n) is 15.6. The van der Waals surface area contributed by atoms with Gasteiger partial charge in [0.1, 0.15) is 18.7 Å². The van der Waals surface area contributed by atoms with Crippen LogP contribution in [-0.2, 0) is 16.1 Å². The van der Waals surface area contributed by atoms with Crippen LogP contribution in [0.1, 0.15) is 50.0 Å². The zero-order valence-corrected chi connectivity index (χ0v) is 16.4. The quantitative estimate of drug-likeness (QED) is 0.802. The first-order valence-electron chi connectivity index (χ1n) is 9.87. The SMILES string of the molecule is C[S+]([O-])NC1CCCN2COc3ccccc3[C@H]3CC[C@H](CC3)OCC12. The second kappa shape index (κ2) is 8.48. The molecule has 6 heteroatoms. The number of hydrogen-bond donors (Lipinski definition) is 1. The summed E-state index contributed by atoms with van der Waals surface area (Å²) < 4.78 is 27.6. The van der Waals surface area contributed by atoms with E-state index in [-0.39, 0.29) is 12.1 Å². The molecule has 1 N–H and O–H groups in total. The second-order valence-electron chi connectivity index (χ2n) is 7.82. The predicted octanol–water partition coefficient (Wildman–Crippen LogP) is 2.80. The average Bonchev–Trinajstić information content (AvgIpc) is 2.65. The van der Waals surface area contributed by atoms with Gasteiger partial charge in [0.2, 0.25) is 0 Å². The minimum Gasteiger partial charge on any atom is -0.598 e. The molecule has 4 aliphatic rings. The molecule has 1 aliphatic carbocycles. The Morgan fingerprint density at radius 3 is 2.77 bits per heavy atom. The minimum absolute atomic E-state index is 0.188. The monoisotopic (exact) mass is 378 g/mol. The molecule has 0 aromatic heterocycles. The molecule has 3 aliphatic heterocycles. The standard InChI is InChI=1S/C20H30N2O3S/c1-26(23)21-18-6-4-12-22-14-25-20-7-3-2-5-17(20)15-8-10-16(11-9-15)24-13-19(18)22/h2-3,5,7,15-16,18-19,21H,4,6,8-14H2,1H3/t15-,16+,18?,19?,26?. The van der Waals surface area contributed by atoms with E-state index >= 15 is 0 Å². The molecule has 1 saturated heterocycles. The highest BCUT2D eigenvalue weighted by molar-refractivity contribution is 7.88. The van der Waals surface area contributed by atoms with E-state index in [0.717, 1.165) is 38.0 Å². The molecule has 0 amide bonds. The van der Waals surface area contributed by atoms with Gasteiger partial charge in [-0.1, -0.05) is 18.2 Å². The summed E-state index contributed by atoms with van der Waals surface area (Å²) in [6, 6.07) is 8.92. The maximum atomic E-state index is 11.8. The third-order valence-electron chi connectivity index (χ3n) is 6.13. The van der Waals surface area contributed by atoms with Gasteiger partial charge in [-0.2, -0.15) is 0 Å². The first kappa shape index (κ1) is 18.6. The van der Waals surface area contributed by atoms with Crippen molar-refractivity contribution in [1.29, 1.82) is 0 Å². The summed E-state index contributed by atoms with van der Waals surface area (Å²) in [5.74, 6) is 1.62. The normalized spacial score (nSPS) is 33.9. The van der Waals surface area contributed by atoms with Gasteiger partial charge in [-0.3, -0.25) is 4.90 Å². The summed E-state index contributed by atoms with van der Waals surface area (Å²) in [5, 5.41) is 0. The van der Waals surface area contributed by atoms with Gasteiger partial charge in [-0.05, 0) is 56.1 Å². The molecular formula is C20H30N2O3S. The fourth-order valence-electron chi connectivity index (χ4n) is 4.74. The molecule has 3 unspecified atom stereocenters. The van der Waals surface area contributed by atoms with Gasteiger partial charge in [0.25, 0.3) is 0 Å². The van der Waals surface area contributed by atoms with Crippen molar-refractivity contribution >= 4 is 11.4 Å². The van der Waals surface area contributed by atoms with Crippen LogP contribution in [0.15, 0.2) is 24.3 Å². The Morgan fingerprint density at radius 1 is 1.15 bits per heavy atom. The maximum Gasteiger partial charge on any atom is 0.142 e. The summed E-state index contributed by atoms with van der Waals surface area (Å²) >= 11 is -1.01. The van der Waals surface area contributed by atoms with Crippen LogP contribution >= 0.6 is 0 Å². The highest BCUT2D eigenvalue weighted by atomic mass is 32.2. The summed E-state index contributed by atoms with van der Waals surface area (Å²) in [4.78, 5) is 2.36. The molecule has 3 atom stereocenters. The Morgan fingerprint density at radius 2 is 1.96 bits per heavy atom. The first-order chi connectivity index (χ1) is 12.7. The van der Waals surface area contributed by atoms with Gasteiger partial charge in [0.05, 0.1) is 24.8 Å². The van der Waals surface area contributed by atoms with Crippen LogP contribution in [0.2, 0.25) is 0 Å². The van der Waals surface area contributed by atoms with Crippen LogP contribution in [0.5, 0.6) is 5.75 Å². The summed E-state index contributed by atoms with van der Waals surface area (Å²) in [6.07, 6.45) is 8.75. The van der Waals surface area contributed by atoms with Crippen LogP contribution < -0.4 is 9.46 Å². The minimum atomic E-state index is -1.01. The number of nitrogens with zero attached hydrogens (tertiary/aromatic N) is 1. The molecule has 1 aromatic rings. The number of benzene rings is 1. The molecule has 26 heavy (non-hydrogen) atoms. The van der Waals surface area contributed by atoms with Gasteiger partial charge >= 0.3 is 0 Å². The summed E-state index contributed by atoms with van der Waals surface area (Å²) in [6.45, 7) is 2.25. The Kier molecular flexibility index (Phi) is 6.06. The lowest BCUT2D eigenvalue weighted by atomic mass is 9.82. The molecule has 5 nitrogen and oxygen atoms in total. The van der Waals surface area contributed by atoms with Crippen LogP contribution in [0.25, 0.3) is 0 Å². The molecular weight excluding hydrogens is 348 g/mol. The Hall–Kier alpha value is -0.790. The first-order valence-corrected chi connectivity index (χ1v) is 11.4. The highest BCUT2D eigenvalue weighted by Gasteiger charge is 2.36. The molecule has 5 rings (SSSR count). The van der Waals surface area contributed by atoms with Crippen LogP contribution in [0.3, 0.4) is 0 Å². The number of hydrogen-bond acceptors (Lipinski definition) is 5. The largest absolute Gasteiger partial charge is 0.598 e. The lowest BCUT2D eigenvalue weighted by molar-refractivity contribution is -0.0476. The maximum absolute atomic E-state index is 11.8. The molecule has 0 radical (unpaired) electrons. The van der Waals surface area contributed by atoms with E-state index in [1.807, 2.05) is 0 Å². The topological polar surface area (TPSA) is 56.8 Å². The van der Waals surface area contributed by atoms with Gasteiger partial charge in [0, 0.05) is 17.9 Å². The highest BCUT2D eigenvalue weighted by Crippen LogP contribution is 2.39. The van der Waals surface area contributed by atoms with Gasteiger partial charge in [-0.15, -0.1) is 4.72 Å². The van der Waals surface area contributed by atoms with Crippen molar-refractivity contribution in [2.24, 2.45) is 0 Å². The lowest BCUT2D eigenvalue weighted by Crippen LogP contribution is -2.58. The van der Waals surface area contributed by atoms with E-state index in [1.165, 1.54) is 18.4 Å². The van der Waals surface area contributed by atoms with Crippen LogP contribution in [0, 0.1) is 0 Å². The van der Waals surface area contributed by atoms with E-state index in [9.17, 15) is 4.55 Å². The molecule has 0 spiro atoms. The van der Waals surface area contributed by atoms with Crippen molar-refractivity contribution in [2.45, 2.75) is 62.6 Å². The van der Waals surface area contributed by atoms with E-state index < -0.39 is 11.4 Å². The molecule has 1 aromatic carbocycles. The van der Waals surface area contributed by atoms with Crippen molar-refractivity contribution in [3.8, 4) is 5.75 Å². The summed E-state index contributed by atoms with van der Waals surface area (Å²) in [5.41, 5.74) is 1.35. The number of fused-ring (bicyclic) bond motifs is 4. The van der Waals surface area contributed by atoms with Crippen molar-refractivity contribution < 1.29 is 14.0 Å². The smallest absolute Gasteiger partial charge is 0.142 e. The summed E-state index contributed by atoms with van der Waals surface area (Å²) in [7, 11) is 0. The average molecular weight is 379 g/mol. The van der Waals surface area contributed by atoms with Crippen molar-refractivity contribution in [2.75, 3.05) is 26.1 Å². The number of piperidine rings is 1. The molecule has 1 saturated carbocycles. The van der Waals surface area contributed by atoms with Crippen molar-refractivity contribution in [3.05, 3.63) is 29.8 Å². The molecule has 2 fully saturated rings. The van der Waals surface area contributed by atoms with E-state index in [4.69, 9.17) is 9.47 Å². The second-order valence-corrected chi connectivity index (χ2v) is 8.96. The predicted molar refractivity (Wildman–Crippen MR) is 104 cm³/mol. The van der Waals surface area contributed by atoms with Crippen LogP contribution in [-0.4, -0.2) is 53.8 Å². The van der Waals surface area contributed by atoms with E-state index in [1.54, 1.807) is 6.26 Å². The number of nitrogens with one attached hydrogen (secondary N) is 1. The third kappa shape index (κ3) is 4.20. The van der Waals surface area contributed by atoms with E-state index in [2.05, 4.69) is 33.9 Å². The third-order valence-corrected chi connectivity index (χ3v) is 6.77.